The highest BCUT2D eigenvalue weighted by atomic mass is 32.1. The van der Waals surface area contributed by atoms with Crippen LogP contribution in [0, 0.1) is 5.92 Å². The molecule has 2 heterocycles. The van der Waals surface area contributed by atoms with Gasteiger partial charge in [-0.05, 0) is 31.8 Å². The molecule has 0 radical (unpaired) electrons. The van der Waals surface area contributed by atoms with Crippen molar-refractivity contribution >= 4 is 11.3 Å². The lowest BCUT2D eigenvalue weighted by molar-refractivity contribution is 0.345. The van der Waals surface area contributed by atoms with Gasteiger partial charge in [0, 0.05) is 12.3 Å². The van der Waals surface area contributed by atoms with Gasteiger partial charge in [-0.15, -0.1) is 21.5 Å². The Hall–Kier alpha value is -0.480. The van der Waals surface area contributed by atoms with E-state index in [9.17, 15) is 0 Å². The minimum absolute atomic E-state index is 0.732. The minimum Gasteiger partial charge on any atom is -0.316 e. The van der Waals surface area contributed by atoms with Crippen LogP contribution in [-0.4, -0.2) is 23.3 Å². The number of aromatic nitrogens is 2. The smallest absolute Gasteiger partial charge is 0.120 e. The third kappa shape index (κ3) is 2.06. The van der Waals surface area contributed by atoms with Crippen molar-refractivity contribution < 1.29 is 0 Å². The summed E-state index contributed by atoms with van der Waals surface area (Å²) in [5.41, 5.74) is 0. The molecule has 1 N–H and O–H groups in total. The summed E-state index contributed by atoms with van der Waals surface area (Å²) in [5, 5.41) is 14.5. The average molecular weight is 223 g/mol. The molecule has 0 unspecified atom stereocenters. The molecule has 2 aliphatic rings. The Labute approximate surface area is 94.3 Å². The van der Waals surface area contributed by atoms with Crippen molar-refractivity contribution in [3.05, 3.63) is 10.0 Å². The van der Waals surface area contributed by atoms with Crippen LogP contribution in [0.2, 0.25) is 0 Å². The van der Waals surface area contributed by atoms with E-state index in [4.69, 9.17) is 0 Å². The Balaban J connectivity index is 1.64. The summed E-state index contributed by atoms with van der Waals surface area (Å²) in [6, 6.07) is 0. The van der Waals surface area contributed by atoms with Gasteiger partial charge in [0.1, 0.15) is 10.0 Å². The highest BCUT2D eigenvalue weighted by molar-refractivity contribution is 7.11. The van der Waals surface area contributed by atoms with Crippen LogP contribution >= 0.6 is 11.3 Å². The van der Waals surface area contributed by atoms with Gasteiger partial charge in [0.25, 0.3) is 0 Å². The van der Waals surface area contributed by atoms with E-state index >= 15 is 0 Å². The van der Waals surface area contributed by atoms with Crippen molar-refractivity contribution in [3.8, 4) is 0 Å². The third-order valence-corrected chi connectivity index (χ3v) is 4.62. The second kappa shape index (κ2) is 4.18. The molecular formula is C11H17N3S. The summed E-state index contributed by atoms with van der Waals surface area (Å²) in [6.45, 7) is 2.33. The number of hydrogen-bond acceptors (Lipinski definition) is 4. The normalized spacial score (nSPS) is 23.2. The van der Waals surface area contributed by atoms with Crippen LogP contribution in [0.4, 0.5) is 0 Å². The molecule has 0 aromatic carbocycles. The van der Waals surface area contributed by atoms with Crippen LogP contribution in [0.1, 0.15) is 41.6 Å². The predicted octanol–water partition coefficient (Wildman–Crippen LogP) is 1.96. The fraction of sp³-hybridized carbons (Fsp3) is 0.818. The summed E-state index contributed by atoms with van der Waals surface area (Å²) < 4.78 is 0. The fourth-order valence-corrected chi connectivity index (χ4v) is 3.55. The first-order valence-corrected chi connectivity index (χ1v) is 6.76. The number of hydrogen-bond donors (Lipinski definition) is 1. The quantitative estimate of drug-likeness (QED) is 0.851. The van der Waals surface area contributed by atoms with E-state index in [1.807, 2.05) is 11.3 Å². The van der Waals surface area contributed by atoms with Crippen molar-refractivity contribution in [3.63, 3.8) is 0 Å². The summed E-state index contributed by atoms with van der Waals surface area (Å²) in [5.74, 6) is 1.55. The molecule has 2 fully saturated rings. The van der Waals surface area contributed by atoms with Crippen molar-refractivity contribution in [1.82, 2.24) is 15.5 Å². The first-order chi connectivity index (χ1) is 7.42. The predicted molar refractivity (Wildman–Crippen MR) is 61.2 cm³/mol. The van der Waals surface area contributed by atoms with Crippen LogP contribution in [0.25, 0.3) is 0 Å². The van der Waals surface area contributed by atoms with E-state index < -0.39 is 0 Å². The van der Waals surface area contributed by atoms with Crippen LogP contribution in [0.5, 0.6) is 0 Å². The molecule has 4 heteroatoms. The van der Waals surface area contributed by atoms with Crippen molar-refractivity contribution in [2.24, 2.45) is 5.92 Å². The molecule has 82 valence electrons. The highest BCUT2D eigenvalue weighted by Crippen LogP contribution is 2.35. The van der Waals surface area contributed by atoms with E-state index in [1.165, 1.54) is 48.8 Å². The standard InChI is InChI=1S/C11H17N3S/c1-2-4-9(3-1)11-14-13-10(15-11)5-8-6-12-7-8/h8-9,12H,1-7H2. The molecule has 0 atom stereocenters. The second-order valence-corrected chi connectivity index (χ2v) is 5.84. The lowest BCUT2D eigenvalue weighted by Crippen LogP contribution is -2.43. The zero-order valence-corrected chi connectivity index (χ0v) is 9.72. The Bertz CT molecular complexity index is 326. The van der Waals surface area contributed by atoms with Gasteiger partial charge in [0.15, 0.2) is 0 Å². The Morgan fingerprint density at radius 3 is 2.67 bits per heavy atom. The van der Waals surface area contributed by atoms with Crippen molar-refractivity contribution in [2.45, 2.75) is 38.0 Å². The van der Waals surface area contributed by atoms with E-state index in [0.717, 1.165) is 18.3 Å². The van der Waals surface area contributed by atoms with Gasteiger partial charge in [0.05, 0.1) is 0 Å². The summed E-state index contributed by atoms with van der Waals surface area (Å²) >= 11 is 1.86. The lowest BCUT2D eigenvalue weighted by atomic mass is 10.0. The van der Waals surface area contributed by atoms with Gasteiger partial charge in [-0.3, -0.25) is 0 Å². The largest absolute Gasteiger partial charge is 0.316 e. The lowest BCUT2D eigenvalue weighted by Gasteiger charge is -2.25. The van der Waals surface area contributed by atoms with Gasteiger partial charge in [-0.1, -0.05) is 12.8 Å². The molecule has 3 rings (SSSR count). The molecule has 3 nitrogen and oxygen atoms in total. The molecule has 0 bridgehead atoms. The van der Waals surface area contributed by atoms with Crippen LogP contribution in [0.15, 0.2) is 0 Å². The molecule has 15 heavy (non-hydrogen) atoms. The number of nitrogens with one attached hydrogen (secondary N) is 1. The minimum atomic E-state index is 0.732. The van der Waals surface area contributed by atoms with Crippen LogP contribution in [-0.2, 0) is 6.42 Å². The van der Waals surface area contributed by atoms with Gasteiger partial charge in [-0.25, -0.2) is 0 Å². The van der Waals surface area contributed by atoms with Gasteiger partial charge >= 0.3 is 0 Å². The monoisotopic (exact) mass is 223 g/mol. The summed E-state index contributed by atoms with van der Waals surface area (Å²) in [6.07, 6.45) is 6.56. The Morgan fingerprint density at radius 2 is 2.00 bits per heavy atom. The first kappa shape index (κ1) is 9.73. The van der Waals surface area contributed by atoms with Gasteiger partial charge in [0.2, 0.25) is 0 Å². The number of nitrogens with zero attached hydrogens (tertiary/aromatic N) is 2. The van der Waals surface area contributed by atoms with Crippen molar-refractivity contribution in [1.29, 1.82) is 0 Å². The molecule has 0 spiro atoms. The fourth-order valence-electron chi connectivity index (χ4n) is 2.43. The SMILES string of the molecule is C1CCC(c2nnc(CC3CNC3)s2)C1. The van der Waals surface area contributed by atoms with E-state index in [2.05, 4.69) is 15.5 Å². The Kier molecular flexibility index (Phi) is 2.71. The maximum Gasteiger partial charge on any atom is 0.120 e. The van der Waals surface area contributed by atoms with Gasteiger partial charge < -0.3 is 5.32 Å². The summed E-state index contributed by atoms with van der Waals surface area (Å²) in [4.78, 5) is 0. The summed E-state index contributed by atoms with van der Waals surface area (Å²) in [7, 11) is 0. The maximum absolute atomic E-state index is 4.36. The molecule has 1 saturated carbocycles. The zero-order valence-electron chi connectivity index (χ0n) is 8.91. The maximum atomic E-state index is 4.36. The molecule has 1 aliphatic carbocycles. The number of rotatable bonds is 3. The van der Waals surface area contributed by atoms with E-state index in [1.54, 1.807) is 0 Å². The molecule has 0 amide bonds. The van der Waals surface area contributed by atoms with E-state index in [-0.39, 0.29) is 0 Å². The topological polar surface area (TPSA) is 37.8 Å². The molecule has 1 aromatic rings. The van der Waals surface area contributed by atoms with Crippen LogP contribution < -0.4 is 5.32 Å². The second-order valence-electron chi connectivity index (χ2n) is 4.74. The molecule has 1 aromatic heterocycles. The highest BCUT2D eigenvalue weighted by Gasteiger charge is 2.23. The van der Waals surface area contributed by atoms with Crippen LogP contribution in [0.3, 0.4) is 0 Å². The third-order valence-electron chi connectivity index (χ3n) is 3.52. The first-order valence-electron chi connectivity index (χ1n) is 5.95. The van der Waals surface area contributed by atoms with E-state index in [0.29, 0.717) is 0 Å². The average Bonchev–Trinajstić information content (AvgIpc) is 2.82. The molecule has 1 saturated heterocycles. The zero-order chi connectivity index (χ0) is 10.1. The Morgan fingerprint density at radius 1 is 1.20 bits per heavy atom. The van der Waals surface area contributed by atoms with Crippen molar-refractivity contribution in [2.75, 3.05) is 13.1 Å². The molecule has 1 aliphatic heterocycles. The molecular weight excluding hydrogens is 206 g/mol. The van der Waals surface area contributed by atoms with Gasteiger partial charge in [-0.2, -0.15) is 0 Å².